The summed E-state index contributed by atoms with van der Waals surface area (Å²) in [5.41, 5.74) is -1.35. The Balaban J connectivity index is 2.84. The van der Waals surface area contributed by atoms with E-state index in [2.05, 4.69) is 20.6 Å². The standard InChI is InChI=1S/C12H22N4O/c1-6-14-9-7-13-8-10(15-9)16-11(2,3)12(4,5)17/h7-8,17H,6H2,1-5H3,(H2,14,15,16). The van der Waals surface area contributed by atoms with Crippen molar-refractivity contribution in [2.45, 2.75) is 45.8 Å². The normalized spacial score (nSPS) is 12.4. The first-order valence-electron chi connectivity index (χ1n) is 5.83. The van der Waals surface area contributed by atoms with Crippen LogP contribution in [0.4, 0.5) is 11.6 Å². The molecule has 1 rings (SSSR count). The van der Waals surface area contributed by atoms with Crippen molar-refractivity contribution in [1.29, 1.82) is 0 Å². The topological polar surface area (TPSA) is 70.1 Å². The molecule has 0 bridgehead atoms. The maximum atomic E-state index is 10.1. The number of hydrogen-bond acceptors (Lipinski definition) is 5. The average Bonchev–Trinajstić information content (AvgIpc) is 2.16. The van der Waals surface area contributed by atoms with Crippen molar-refractivity contribution < 1.29 is 5.11 Å². The van der Waals surface area contributed by atoms with Gasteiger partial charge in [-0.25, -0.2) is 4.98 Å². The van der Waals surface area contributed by atoms with E-state index in [0.29, 0.717) is 5.82 Å². The molecule has 17 heavy (non-hydrogen) atoms. The molecule has 0 fully saturated rings. The zero-order valence-electron chi connectivity index (χ0n) is 11.2. The molecule has 0 aliphatic carbocycles. The zero-order valence-corrected chi connectivity index (χ0v) is 11.2. The molecule has 5 heteroatoms. The maximum Gasteiger partial charge on any atom is 0.147 e. The van der Waals surface area contributed by atoms with Crippen LogP contribution in [0.3, 0.4) is 0 Å². The second-order valence-corrected chi connectivity index (χ2v) is 5.13. The summed E-state index contributed by atoms with van der Waals surface area (Å²) in [6.07, 6.45) is 3.32. The fourth-order valence-electron chi connectivity index (χ4n) is 1.17. The Kier molecular flexibility index (Phi) is 3.93. The molecule has 96 valence electrons. The lowest BCUT2D eigenvalue weighted by Gasteiger charge is -2.38. The van der Waals surface area contributed by atoms with Crippen molar-refractivity contribution in [1.82, 2.24) is 9.97 Å². The van der Waals surface area contributed by atoms with Gasteiger partial charge < -0.3 is 15.7 Å². The molecule has 0 atom stereocenters. The summed E-state index contributed by atoms with van der Waals surface area (Å²) >= 11 is 0. The molecule has 3 N–H and O–H groups in total. The summed E-state index contributed by atoms with van der Waals surface area (Å²) < 4.78 is 0. The summed E-state index contributed by atoms with van der Waals surface area (Å²) in [4.78, 5) is 8.47. The first-order valence-corrected chi connectivity index (χ1v) is 5.83. The summed E-state index contributed by atoms with van der Waals surface area (Å²) in [5, 5.41) is 16.3. The van der Waals surface area contributed by atoms with E-state index in [1.165, 1.54) is 0 Å². The van der Waals surface area contributed by atoms with Crippen molar-refractivity contribution in [2.24, 2.45) is 0 Å². The van der Waals surface area contributed by atoms with Crippen LogP contribution in [0, 0.1) is 0 Å². The van der Waals surface area contributed by atoms with Crippen LogP contribution in [-0.4, -0.2) is 32.8 Å². The van der Waals surface area contributed by atoms with Crippen molar-refractivity contribution in [2.75, 3.05) is 17.2 Å². The van der Waals surface area contributed by atoms with Gasteiger partial charge in [0.05, 0.1) is 23.5 Å². The molecule has 0 unspecified atom stereocenters. The van der Waals surface area contributed by atoms with Gasteiger partial charge in [-0.3, -0.25) is 4.98 Å². The molecule has 1 aromatic heterocycles. The predicted molar refractivity (Wildman–Crippen MR) is 70.2 cm³/mol. The number of nitrogens with one attached hydrogen (secondary N) is 2. The van der Waals surface area contributed by atoms with E-state index in [1.807, 2.05) is 20.8 Å². The quantitative estimate of drug-likeness (QED) is 0.730. The fourth-order valence-corrected chi connectivity index (χ4v) is 1.17. The Bertz CT molecular complexity index is 371. The molecular formula is C12H22N4O. The molecular weight excluding hydrogens is 216 g/mol. The van der Waals surface area contributed by atoms with Crippen molar-refractivity contribution in [3.05, 3.63) is 12.4 Å². The Morgan fingerprint density at radius 3 is 2.29 bits per heavy atom. The summed E-state index contributed by atoms with van der Waals surface area (Å²) in [6, 6.07) is 0. The van der Waals surface area contributed by atoms with E-state index in [1.54, 1.807) is 26.2 Å². The molecule has 0 saturated heterocycles. The zero-order chi connectivity index (χ0) is 13.1. The molecule has 0 spiro atoms. The maximum absolute atomic E-state index is 10.1. The van der Waals surface area contributed by atoms with Gasteiger partial charge in [-0.2, -0.15) is 0 Å². The van der Waals surface area contributed by atoms with Gasteiger partial charge in [-0.1, -0.05) is 0 Å². The second kappa shape index (κ2) is 4.87. The van der Waals surface area contributed by atoms with Gasteiger partial charge in [0, 0.05) is 6.54 Å². The van der Waals surface area contributed by atoms with Crippen molar-refractivity contribution >= 4 is 11.6 Å². The number of anilines is 2. The van der Waals surface area contributed by atoms with E-state index in [0.717, 1.165) is 12.4 Å². The van der Waals surface area contributed by atoms with E-state index >= 15 is 0 Å². The molecule has 5 nitrogen and oxygen atoms in total. The predicted octanol–water partition coefficient (Wildman–Crippen LogP) is 1.87. The van der Waals surface area contributed by atoms with Gasteiger partial charge in [0.25, 0.3) is 0 Å². The molecule has 0 radical (unpaired) electrons. The summed E-state index contributed by atoms with van der Waals surface area (Å²) in [7, 11) is 0. The minimum Gasteiger partial charge on any atom is -0.388 e. The van der Waals surface area contributed by atoms with Crippen molar-refractivity contribution in [3.8, 4) is 0 Å². The number of rotatable bonds is 5. The van der Waals surface area contributed by atoms with Crippen LogP contribution in [-0.2, 0) is 0 Å². The minimum absolute atomic E-state index is 0.494. The molecule has 0 aromatic carbocycles. The third-order valence-corrected chi connectivity index (χ3v) is 2.96. The van der Waals surface area contributed by atoms with Crippen LogP contribution >= 0.6 is 0 Å². The SMILES string of the molecule is CCNc1cncc(NC(C)(C)C(C)(C)O)n1. The Labute approximate surface area is 103 Å². The van der Waals surface area contributed by atoms with E-state index < -0.39 is 11.1 Å². The molecule has 0 aliphatic rings. The number of hydrogen-bond donors (Lipinski definition) is 3. The lowest BCUT2D eigenvalue weighted by Crippen LogP contribution is -2.51. The van der Waals surface area contributed by atoms with Gasteiger partial charge in [0.15, 0.2) is 0 Å². The van der Waals surface area contributed by atoms with E-state index in [9.17, 15) is 5.11 Å². The Morgan fingerprint density at radius 2 is 1.76 bits per heavy atom. The highest BCUT2D eigenvalue weighted by molar-refractivity contribution is 5.43. The second-order valence-electron chi connectivity index (χ2n) is 5.13. The summed E-state index contributed by atoms with van der Waals surface area (Å²) in [5.74, 6) is 1.37. The third-order valence-electron chi connectivity index (χ3n) is 2.96. The molecule has 0 aliphatic heterocycles. The van der Waals surface area contributed by atoms with Crippen molar-refractivity contribution in [3.63, 3.8) is 0 Å². The van der Waals surface area contributed by atoms with Crippen LogP contribution in [0.1, 0.15) is 34.6 Å². The Hall–Kier alpha value is -1.36. The van der Waals surface area contributed by atoms with Gasteiger partial charge in [-0.15, -0.1) is 0 Å². The highest BCUT2D eigenvalue weighted by Gasteiger charge is 2.35. The van der Waals surface area contributed by atoms with Gasteiger partial charge >= 0.3 is 0 Å². The largest absolute Gasteiger partial charge is 0.388 e. The third kappa shape index (κ3) is 3.56. The van der Waals surface area contributed by atoms with Gasteiger partial charge in [0.2, 0.25) is 0 Å². The molecule has 1 aromatic rings. The molecule has 0 saturated carbocycles. The lowest BCUT2D eigenvalue weighted by atomic mass is 9.86. The lowest BCUT2D eigenvalue weighted by molar-refractivity contribution is 0.0238. The highest BCUT2D eigenvalue weighted by Crippen LogP contribution is 2.25. The average molecular weight is 238 g/mol. The van der Waals surface area contributed by atoms with E-state index in [-0.39, 0.29) is 0 Å². The Morgan fingerprint density at radius 1 is 1.18 bits per heavy atom. The highest BCUT2D eigenvalue weighted by atomic mass is 16.3. The van der Waals surface area contributed by atoms with Gasteiger partial charge in [-0.05, 0) is 34.6 Å². The van der Waals surface area contributed by atoms with Crippen LogP contribution in [0.15, 0.2) is 12.4 Å². The van der Waals surface area contributed by atoms with E-state index in [4.69, 9.17) is 0 Å². The molecule has 1 heterocycles. The van der Waals surface area contributed by atoms with Crippen LogP contribution in [0.5, 0.6) is 0 Å². The molecule has 0 amide bonds. The number of aromatic nitrogens is 2. The fraction of sp³-hybridized carbons (Fsp3) is 0.667. The van der Waals surface area contributed by atoms with Crippen LogP contribution in [0.25, 0.3) is 0 Å². The minimum atomic E-state index is -0.858. The van der Waals surface area contributed by atoms with Crippen LogP contribution < -0.4 is 10.6 Å². The first kappa shape index (κ1) is 13.7. The first-order chi connectivity index (χ1) is 7.76. The van der Waals surface area contributed by atoms with Gasteiger partial charge in [0.1, 0.15) is 11.6 Å². The van der Waals surface area contributed by atoms with Crippen LogP contribution in [0.2, 0.25) is 0 Å². The summed E-state index contributed by atoms with van der Waals surface area (Å²) in [6.45, 7) is 10.2. The number of nitrogens with zero attached hydrogens (tertiary/aromatic N) is 2. The monoisotopic (exact) mass is 238 g/mol. The smallest absolute Gasteiger partial charge is 0.147 e. The number of aliphatic hydroxyl groups is 1.